The van der Waals surface area contributed by atoms with Crippen molar-refractivity contribution < 1.29 is 62.1 Å². The second kappa shape index (κ2) is 159. The predicted octanol–water partition coefficient (Wildman–Crippen LogP) is 1.99. The van der Waals surface area contributed by atoms with Gasteiger partial charge in [-0.3, -0.25) is 0 Å². The number of hydrogen-bond acceptors (Lipinski definition) is 0. The molecule has 6 nitrogen and oxygen atoms in total. The summed E-state index contributed by atoms with van der Waals surface area (Å²) in [5.41, 5.74) is 0. The topological polar surface area (TPSA) is 119 Å². The molecule has 0 amide bonds. The zero-order valence-corrected chi connectivity index (χ0v) is 13.2. The van der Waals surface area contributed by atoms with Crippen molar-refractivity contribution in [3.8, 4) is 0 Å². The number of allylic oxidation sites excluding steroid dienone is 8. The van der Waals surface area contributed by atoms with E-state index in [0.717, 1.165) is 0 Å². The smallest absolute Gasteiger partial charge is 0 e. The van der Waals surface area contributed by atoms with Crippen LogP contribution in [0.25, 0.3) is 0 Å². The van der Waals surface area contributed by atoms with Crippen LogP contribution >= 0.6 is 0 Å². The average Bonchev–Trinajstić information content (AvgIpc) is 2.58. The molecular formula is C14H8Mn2O6. The monoisotopic (exact) mass is 382 g/mol. The molecule has 0 aromatic carbocycles. The van der Waals surface area contributed by atoms with Gasteiger partial charge in [-0.2, -0.15) is 0 Å². The van der Waals surface area contributed by atoms with E-state index in [1.807, 2.05) is 48.6 Å². The molecule has 0 N–H and O–H groups in total. The Hall–Kier alpha value is -1.56. The Labute approximate surface area is 150 Å². The van der Waals surface area contributed by atoms with E-state index in [4.69, 9.17) is 27.9 Å². The number of hydrogen-bond donors (Lipinski definition) is 0. The predicted molar refractivity (Wildman–Crippen MR) is 60.1 cm³/mol. The fraction of sp³-hybridized carbons (Fsp3) is 0. The molecule has 0 spiro atoms. The van der Waals surface area contributed by atoms with Crippen LogP contribution in [0.15, 0.2) is 48.6 Å². The maximum Gasteiger partial charge on any atom is 0 e. The molecule has 0 heterocycles. The third-order valence-electron chi connectivity index (χ3n) is 0.889. The van der Waals surface area contributed by atoms with Crippen LogP contribution in [-0.2, 0) is 62.1 Å². The van der Waals surface area contributed by atoms with Crippen LogP contribution in [0.1, 0.15) is 0 Å². The summed E-state index contributed by atoms with van der Waals surface area (Å²) < 4.78 is 45.0. The zero-order valence-electron chi connectivity index (χ0n) is 10.8. The Kier molecular flexibility index (Phi) is 362. The SMILES string of the molecule is C1=C\C=C/C=C\C=C/1.[C-]#[O+].[C-]#[O+].[C-]#[O+].[C-]#[O+].[C-]#[O+].[C-]#[O+].[Mn].[Mn]. The minimum absolute atomic E-state index is 0. The van der Waals surface area contributed by atoms with Gasteiger partial charge in [-0.15, -0.1) is 0 Å². The van der Waals surface area contributed by atoms with Gasteiger partial charge in [0.25, 0.3) is 0 Å². The third-order valence-corrected chi connectivity index (χ3v) is 0.889. The van der Waals surface area contributed by atoms with Crippen LogP contribution in [0.3, 0.4) is 0 Å². The molecular weight excluding hydrogens is 374 g/mol. The van der Waals surface area contributed by atoms with Gasteiger partial charge in [0, 0.05) is 34.1 Å². The van der Waals surface area contributed by atoms with Crippen molar-refractivity contribution in [2.45, 2.75) is 0 Å². The minimum Gasteiger partial charge on any atom is 0 e. The van der Waals surface area contributed by atoms with Crippen LogP contribution in [-0.4, -0.2) is 0 Å². The van der Waals surface area contributed by atoms with E-state index in [-0.39, 0.29) is 34.1 Å². The molecule has 0 aromatic heterocycles. The molecule has 114 valence electrons. The maximum absolute atomic E-state index is 7.50. The Bertz CT molecular complexity index is 279. The summed E-state index contributed by atoms with van der Waals surface area (Å²) in [5.74, 6) is 0. The molecule has 1 aliphatic carbocycles. The molecule has 0 atom stereocenters. The van der Waals surface area contributed by atoms with Gasteiger partial charge in [0.1, 0.15) is 0 Å². The molecule has 0 bridgehead atoms. The second-order valence-corrected chi connectivity index (χ2v) is 1.54. The van der Waals surface area contributed by atoms with Gasteiger partial charge in [-0.25, -0.2) is 0 Å². The summed E-state index contributed by atoms with van der Waals surface area (Å²) in [4.78, 5) is 0. The first kappa shape index (κ1) is 49.9. The van der Waals surface area contributed by atoms with E-state index < -0.39 is 0 Å². The van der Waals surface area contributed by atoms with E-state index in [0.29, 0.717) is 0 Å². The maximum atomic E-state index is 7.50. The standard InChI is InChI=1S/C8H8.6CO.2Mn/c1-2-4-6-8-7-5-3-1;6*1-2;;/h1-8H;;;;;;;;/b2-1-,3-1?,4-2?,5-3-,6-4-,7-5?,8-6?,8-7-;;;;;;;;. The van der Waals surface area contributed by atoms with E-state index >= 15 is 0 Å². The normalized spacial score (nSPS) is 12.2. The molecule has 0 aromatic rings. The first-order chi connectivity index (χ1) is 10.0. The fourth-order valence-corrected chi connectivity index (χ4v) is 0.513. The van der Waals surface area contributed by atoms with Gasteiger partial charge in [0.15, 0.2) is 0 Å². The van der Waals surface area contributed by atoms with Crippen molar-refractivity contribution in [2.75, 3.05) is 0 Å². The van der Waals surface area contributed by atoms with Crippen LogP contribution in [0.4, 0.5) is 0 Å². The molecule has 0 fully saturated rings. The van der Waals surface area contributed by atoms with Gasteiger partial charge in [-0.05, 0) is 0 Å². The Morgan fingerprint density at radius 1 is 0.273 bits per heavy atom. The summed E-state index contributed by atoms with van der Waals surface area (Å²) in [6, 6.07) is 0. The van der Waals surface area contributed by atoms with Gasteiger partial charge < -0.3 is 0 Å². The van der Waals surface area contributed by atoms with Crippen molar-refractivity contribution in [2.24, 2.45) is 0 Å². The van der Waals surface area contributed by atoms with Crippen molar-refractivity contribution in [1.82, 2.24) is 0 Å². The minimum atomic E-state index is 0. The van der Waals surface area contributed by atoms with Gasteiger partial charge in [0.05, 0.1) is 0 Å². The molecule has 0 saturated carbocycles. The molecule has 2 radical (unpaired) electrons. The Balaban J connectivity index is -0.0000000203. The van der Waals surface area contributed by atoms with Gasteiger partial charge in [-0.1, -0.05) is 48.6 Å². The molecule has 1 aliphatic rings. The largest absolute Gasteiger partial charge is 0 e. The Morgan fingerprint density at radius 2 is 0.318 bits per heavy atom. The zero-order chi connectivity index (χ0) is 17.7. The first-order valence-corrected chi connectivity index (χ1v) is 3.89. The second-order valence-electron chi connectivity index (χ2n) is 1.54. The molecule has 0 saturated heterocycles. The molecule has 1 rings (SSSR count). The van der Waals surface area contributed by atoms with Gasteiger partial charge >= 0.3 is 67.8 Å². The van der Waals surface area contributed by atoms with Crippen LogP contribution in [0, 0.1) is 39.9 Å². The van der Waals surface area contributed by atoms with E-state index in [9.17, 15) is 0 Å². The molecule has 22 heavy (non-hydrogen) atoms. The van der Waals surface area contributed by atoms with Crippen LogP contribution in [0.5, 0.6) is 0 Å². The Morgan fingerprint density at radius 3 is 0.364 bits per heavy atom. The van der Waals surface area contributed by atoms with E-state index in [1.165, 1.54) is 0 Å². The molecule has 0 aliphatic heterocycles. The van der Waals surface area contributed by atoms with Crippen molar-refractivity contribution in [3.05, 3.63) is 88.5 Å². The summed E-state index contributed by atoms with van der Waals surface area (Å²) in [5, 5.41) is 0. The average molecular weight is 382 g/mol. The van der Waals surface area contributed by atoms with Crippen molar-refractivity contribution >= 4 is 0 Å². The van der Waals surface area contributed by atoms with Crippen LogP contribution in [0.2, 0.25) is 0 Å². The third kappa shape index (κ3) is 135. The summed E-state index contributed by atoms with van der Waals surface area (Å²) in [6.07, 6.45) is 16.0. The van der Waals surface area contributed by atoms with Gasteiger partial charge in [0.2, 0.25) is 0 Å². The number of rotatable bonds is 0. The summed E-state index contributed by atoms with van der Waals surface area (Å²) in [7, 11) is 0. The quantitative estimate of drug-likeness (QED) is 0.346. The van der Waals surface area contributed by atoms with Crippen LogP contribution < -0.4 is 0 Å². The summed E-state index contributed by atoms with van der Waals surface area (Å²) in [6.45, 7) is 27.0. The van der Waals surface area contributed by atoms with E-state index in [1.54, 1.807) is 0 Å². The molecule has 0 unspecified atom stereocenters. The van der Waals surface area contributed by atoms with Crippen molar-refractivity contribution in [1.29, 1.82) is 0 Å². The first-order valence-electron chi connectivity index (χ1n) is 3.89. The van der Waals surface area contributed by atoms with Crippen molar-refractivity contribution in [3.63, 3.8) is 0 Å². The molecule has 8 heteroatoms. The van der Waals surface area contributed by atoms with E-state index in [2.05, 4.69) is 39.9 Å². The fourth-order valence-electron chi connectivity index (χ4n) is 0.513. The summed E-state index contributed by atoms with van der Waals surface area (Å²) >= 11 is 0.